The highest BCUT2D eigenvalue weighted by Gasteiger charge is 2.17. The minimum Gasteiger partial charge on any atom is -0.322 e. The summed E-state index contributed by atoms with van der Waals surface area (Å²) >= 11 is 0. The normalized spacial score (nSPS) is 13.6. The summed E-state index contributed by atoms with van der Waals surface area (Å²) in [5.74, 6) is 1.28. The van der Waals surface area contributed by atoms with E-state index in [0.29, 0.717) is 18.3 Å². The molecule has 0 aliphatic rings. The van der Waals surface area contributed by atoms with Gasteiger partial charge < -0.3 is 5.73 Å². The van der Waals surface area contributed by atoms with Gasteiger partial charge in [-0.2, -0.15) is 0 Å². The van der Waals surface area contributed by atoms with Crippen molar-refractivity contribution in [3.63, 3.8) is 0 Å². The third kappa shape index (κ3) is 5.38. The molecule has 0 aromatic heterocycles. The highest BCUT2D eigenvalue weighted by molar-refractivity contribution is 5.83. The summed E-state index contributed by atoms with van der Waals surface area (Å²) < 4.78 is 0. The zero-order valence-electron chi connectivity index (χ0n) is 10.0. The van der Waals surface area contributed by atoms with Crippen LogP contribution in [0.4, 0.5) is 0 Å². The van der Waals surface area contributed by atoms with E-state index >= 15 is 0 Å². The predicted octanol–water partition coefficient (Wildman–Crippen LogP) is 2.76. The zero-order chi connectivity index (χ0) is 11.1. The lowest BCUT2D eigenvalue weighted by molar-refractivity contribution is -0.121. The molecule has 0 spiro atoms. The molecule has 0 saturated carbocycles. The average Bonchev–Trinajstić information content (AvgIpc) is 2.12. The van der Waals surface area contributed by atoms with Gasteiger partial charge in [0.1, 0.15) is 5.78 Å². The Morgan fingerprint density at radius 3 is 2.07 bits per heavy atom. The lowest BCUT2D eigenvalue weighted by Crippen LogP contribution is -2.33. The Morgan fingerprint density at radius 2 is 1.71 bits per heavy atom. The van der Waals surface area contributed by atoms with Gasteiger partial charge in [0.2, 0.25) is 0 Å². The number of Topliss-reactive ketones (excluding diaryl/α,β-unsaturated/α-hetero) is 1. The van der Waals surface area contributed by atoms with Gasteiger partial charge in [-0.1, -0.05) is 40.5 Å². The molecule has 0 amide bonds. The number of hydrogen-bond acceptors (Lipinski definition) is 2. The molecule has 0 saturated heterocycles. The fraction of sp³-hybridized carbons (Fsp3) is 0.917. The van der Waals surface area contributed by atoms with Crippen LogP contribution in [0.2, 0.25) is 0 Å². The van der Waals surface area contributed by atoms with Gasteiger partial charge in [0.05, 0.1) is 6.04 Å². The van der Waals surface area contributed by atoms with Crippen LogP contribution in [-0.4, -0.2) is 11.8 Å². The molecule has 0 aromatic carbocycles. The number of nitrogens with two attached hydrogens (primary N) is 1. The first-order valence-electron chi connectivity index (χ1n) is 5.79. The van der Waals surface area contributed by atoms with Crippen LogP contribution in [0, 0.1) is 11.8 Å². The van der Waals surface area contributed by atoms with Gasteiger partial charge in [-0.15, -0.1) is 0 Å². The standard InChI is InChI=1S/C12H25NO/c1-5-10(6-2)8-12(14)11(13)7-9(3)4/h9-11H,5-8,13H2,1-4H3. The van der Waals surface area contributed by atoms with Gasteiger partial charge in [-0.05, 0) is 18.3 Å². The third-order valence-corrected chi connectivity index (χ3v) is 2.78. The molecule has 14 heavy (non-hydrogen) atoms. The van der Waals surface area contributed by atoms with E-state index < -0.39 is 0 Å². The lowest BCUT2D eigenvalue weighted by atomic mass is 9.91. The van der Waals surface area contributed by atoms with Crippen molar-refractivity contribution in [3.05, 3.63) is 0 Å². The van der Waals surface area contributed by atoms with Crippen molar-refractivity contribution < 1.29 is 4.79 Å². The van der Waals surface area contributed by atoms with Crippen LogP contribution in [0.1, 0.15) is 53.4 Å². The first kappa shape index (κ1) is 13.6. The Labute approximate surface area is 88.3 Å². The fourth-order valence-corrected chi connectivity index (χ4v) is 1.65. The van der Waals surface area contributed by atoms with Crippen LogP contribution in [0.25, 0.3) is 0 Å². The molecular weight excluding hydrogens is 174 g/mol. The van der Waals surface area contributed by atoms with E-state index in [9.17, 15) is 4.79 Å². The maximum Gasteiger partial charge on any atom is 0.149 e. The maximum atomic E-state index is 11.7. The van der Waals surface area contributed by atoms with E-state index in [-0.39, 0.29) is 11.8 Å². The van der Waals surface area contributed by atoms with Crippen LogP contribution in [-0.2, 0) is 4.79 Å². The largest absolute Gasteiger partial charge is 0.322 e. The van der Waals surface area contributed by atoms with Crippen molar-refractivity contribution in [2.45, 2.75) is 59.4 Å². The van der Waals surface area contributed by atoms with E-state index in [1.807, 2.05) is 0 Å². The van der Waals surface area contributed by atoms with E-state index in [1.54, 1.807) is 0 Å². The van der Waals surface area contributed by atoms with Crippen LogP contribution in [0.15, 0.2) is 0 Å². The number of ketones is 1. The second-order valence-electron chi connectivity index (χ2n) is 4.59. The van der Waals surface area contributed by atoms with E-state index in [1.165, 1.54) is 0 Å². The number of rotatable bonds is 7. The molecule has 0 aliphatic heterocycles. The molecule has 0 fully saturated rings. The Hall–Kier alpha value is -0.370. The van der Waals surface area contributed by atoms with Gasteiger partial charge >= 0.3 is 0 Å². The molecule has 2 nitrogen and oxygen atoms in total. The fourth-order valence-electron chi connectivity index (χ4n) is 1.65. The monoisotopic (exact) mass is 199 g/mol. The van der Waals surface area contributed by atoms with Crippen LogP contribution in [0.5, 0.6) is 0 Å². The van der Waals surface area contributed by atoms with Gasteiger partial charge in [-0.25, -0.2) is 0 Å². The Morgan fingerprint density at radius 1 is 1.21 bits per heavy atom. The Balaban J connectivity index is 3.93. The predicted molar refractivity (Wildman–Crippen MR) is 61.1 cm³/mol. The molecule has 0 aliphatic carbocycles. The second-order valence-corrected chi connectivity index (χ2v) is 4.59. The lowest BCUT2D eigenvalue weighted by Gasteiger charge is -2.16. The smallest absolute Gasteiger partial charge is 0.149 e. The molecule has 2 N–H and O–H groups in total. The van der Waals surface area contributed by atoms with Crippen molar-refractivity contribution in [2.24, 2.45) is 17.6 Å². The number of hydrogen-bond donors (Lipinski definition) is 1. The molecule has 0 heterocycles. The molecule has 0 aromatic rings. The summed E-state index contributed by atoms with van der Waals surface area (Å²) in [4.78, 5) is 11.7. The van der Waals surface area contributed by atoms with Gasteiger partial charge in [0.15, 0.2) is 0 Å². The molecule has 1 unspecified atom stereocenters. The number of carbonyl (C=O) groups excluding carboxylic acids is 1. The molecule has 0 bridgehead atoms. The van der Waals surface area contributed by atoms with E-state index in [0.717, 1.165) is 19.3 Å². The third-order valence-electron chi connectivity index (χ3n) is 2.78. The summed E-state index contributed by atoms with van der Waals surface area (Å²) in [5, 5.41) is 0. The van der Waals surface area contributed by atoms with Crippen LogP contribution in [0.3, 0.4) is 0 Å². The molecule has 2 heteroatoms. The molecule has 0 radical (unpaired) electrons. The summed E-state index contributed by atoms with van der Waals surface area (Å²) in [7, 11) is 0. The van der Waals surface area contributed by atoms with E-state index in [4.69, 9.17) is 5.73 Å². The minimum absolute atomic E-state index is 0.240. The number of carbonyl (C=O) groups is 1. The van der Waals surface area contributed by atoms with Crippen molar-refractivity contribution in [2.75, 3.05) is 0 Å². The Bertz CT molecular complexity index is 162. The van der Waals surface area contributed by atoms with Gasteiger partial charge in [0.25, 0.3) is 0 Å². The molecule has 84 valence electrons. The average molecular weight is 199 g/mol. The summed E-state index contributed by atoms with van der Waals surface area (Å²) in [5.41, 5.74) is 5.83. The summed E-state index contributed by atoms with van der Waals surface area (Å²) in [6.07, 6.45) is 3.65. The second kappa shape index (κ2) is 6.99. The Kier molecular flexibility index (Phi) is 6.81. The maximum absolute atomic E-state index is 11.7. The van der Waals surface area contributed by atoms with Crippen molar-refractivity contribution in [1.29, 1.82) is 0 Å². The van der Waals surface area contributed by atoms with Gasteiger partial charge in [0, 0.05) is 6.42 Å². The van der Waals surface area contributed by atoms with Gasteiger partial charge in [-0.3, -0.25) is 4.79 Å². The first-order valence-corrected chi connectivity index (χ1v) is 5.79. The summed E-state index contributed by atoms with van der Waals surface area (Å²) in [6, 6.07) is -0.240. The van der Waals surface area contributed by atoms with Crippen molar-refractivity contribution in [1.82, 2.24) is 0 Å². The van der Waals surface area contributed by atoms with Crippen LogP contribution < -0.4 is 5.73 Å². The molecule has 0 rings (SSSR count). The van der Waals surface area contributed by atoms with Crippen molar-refractivity contribution >= 4 is 5.78 Å². The zero-order valence-corrected chi connectivity index (χ0v) is 10.0. The SMILES string of the molecule is CCC(CC)CC(=O)C(N)CC(C)C. The van der Waals surface area contributed by atoms with E-state index in [2.05, 4.69) is 27.7 Å². The minimum atomic E-state index is -0.240. The first-order chi connectivity index (χ1) is 6.51. The highest BCUT2D eigenvalue weighted by atomic mass is 16.1. The topological polar surface area (TPSA) is 43.1 Å². The quantitative estimate of drug-likeness (QED) is 0.685. The summed E-state index contributed by atoms with van der Waals surface area (Å²) in [6.45, 7) is 8.47. The van der Waals surface area contributed by atoms with Crippen LogP contribution >= 0.6 is 0 Å². The van der Waals surface area contributed by atoms with Crippen molar-refractivity contribution in [3.8, 4) is 0 Å². The molecule has 1 atom stereocenters. The molecular formula is C12H25NO. The highest BCUT2D eigenvalue weighted by Crippen LogP contribution is 2.15.